The lowest BCUT2D eigenvalue weighted by atomic mass is 9.68. The topological polar surface area (TPSA) is 64.6 Å². The zero-order valence-corrected chi connectivity index (χ0v) is 20.9. The number of halogens is 1. The van der Waals surface area contributed by atoms with Crippen molar-refractivity contribution in [1.29, 1.82) is 0 Å². The summed E-state index contributed by atoms with van der Waals surface area (Å²) in [5.41, 5.74) is 4.59. The van der Waals surface area contributed by atoms with Crippen LogP contribution < -0.4 is 10.1 Å². The van der Waals surface area contributed by atoms with Crippen molar-refractivity contribution in [3.8, 4) is 5.75 Å². The third-order valence-corrected chi connectivity index (χ3v) is 6.71. The van der Waals surface area contributed by atoms with Gasteiger partial charge in [-0.05, 0) is 54.2 Å². The van der Waals surface area contributed by atoms with Crippen molar-refractivity contribution in [2.24, 2.45) is 5.41 Å². The molecule has 0 amide bonds. The SMILES string of the molecule is COC(=O)C1=C(C)NC2=C(C(=O)CC(C)(C)C2)C1c1ccc(OCc2ccc(Br)cc2)cc1. The first kappa shape index (κ1) is 23.3. The fourth-order valence-electron chi connectivity index (χ4n) is 4.65. The highest BCUT2D eigenvalue weighted by Gasteiger charge is 2.42. The summed E-state index contributed by atoms with van der Waals surface area (Å²) in [6, 6.07) is 15.6. The third kappa shape index (κ3) is 4.91. The average molecular weight is 510 g/mol. The summed E-state index contributed by atoms with van der Waals surface area (Å²) < 4.78 is 12.0. The van der Waals surface area contributed by atoms with Crippen molar-refractivity contribution < 1.29 is 19.1 Å². The molecule has 0 aromatic heterocycles. The van der Waals surface area contributed by atoms with Crippen molar-refractivity contribution in [3.05, 3.63) is 86.7 Å². The van der Waals surface area contributed by atoms with Gasteiger partial charge in [0.1, 0.15) is 12.4 Å². The Hall–Kier alpha value is -2.86. The Kier molecular flexibility index (Phi) is 6.48. The van der Waals surface area contributed by atoms with Gasteiger partial charge in [-0.25, -0.2) is 4.79 Å². The number of methoxy groups -OCH3 is 1. The number of ether oxygens (including phenoxy) is 2. The van der Waals surface area contributed by atoms with Gasteiger partial charge in [0.2, 0.25) is 0 Å². The largest absolute Gasteiger partial charge is 0.489 e. The van der Waals surface area contributed by atoms with Gasteiger partial charge >= 0.3 is 5.97 Å². The molecule has 1 atom stereocenters. The number of benzene rings is 2. The molecule has 0 fully saturated rings. The minimum atomic E-state index is -0.460. The van der Waals surface area contributed by atoms with Crippen LogP contribution in [0.1, 0.15) is 50.7 Å². The van der Waals surface area contributed by atoms with Gasteiger partial charge in [0.15, 0.2) is 5.78 Å². The molecule has 5 nitrogen and oxygen atoms in total. The number of Topliss-reactive ketones (excluding diaryl/α,β-unsaturated/α-hetero) is 1. The van der Waals surface area contributed by atoms with Crippen molar-refractivity contribution in [1.82, 2.24) is 5.32 Å². The van der Waals surface area contributed by atoms with E-state index in [2.05, 4.69) is 35.1 Å². The number of carbonyl (C=O) groups excluding carboxylic acids is 2. The minimum absolute atomic E-state index is 0.0724. The van der Waals surface area contributed by atoms with E-state index < -0.39 is 11.9 Å². The molecule has 0 saturated carbocycles. The first-order valence-corrected chi connectivity index (χ1v) is 11.8. The van der Waals surface area contributed by atoms with Gasteiger partial charge in [-0.1, -0.05) is 54.0 Å². The maximum absolute atomic E-state index is 13.2. The van der Waals surface area contributed by atoms with Crippen LogP contribution in [0.25, 0.3) is 0 Å². The molecule has 0 bridgehead atoms. The van der Waals surface area contributed by atoms with Crippen molar-refractivity contribution in [2.45, 2.75) is 46.1 Å². The van der Waals surface area contributed by atoms with Crippen LogP contribution in [0.3, 0.4) is 0 Å². The molecule has 1 aliphatic heterocycles. The molecule has 2 aliphatic rings. The molecule has 0 spiro atoms. The highest BCUT2D eigenvalue weighted by Crippen LogP contribution is 2.46. The summed E-state index contributed by atoms with van der Waals surface area (Å²) in [5.74, 6) is -0.0907. The Balaban J connectivity index is 1.65. The van der Waals surface area contributed by atoms with Gasteiger partial charge in [0.05, 0.1) is 12.7 Å². The molecule has 1 N–H and O–H groups in total. The quantitative estimate of drug-likeness (QED) is 0.515. The lowest BCUT2D eigenvalue weighted by molar-refractivity contribution is -0.136. The van der Waals surface area contributed by atoms with Gasteiger partial charge in [-0.2, -0.15) is 0 Å². The summed E-state index contributed by atoms with van der Waals surface area (Å²) >= 11 is 3.44. The molecule has 33 heavy (non-hydrogen) atoms. The van der Waals surface area contributed by atoms with E-state index in [1.165, 1.54) is 7.11 Å². The van der Waals surface area contributed by atoms with Crippen LogP contribution in [0, 0.1) is 5.41 Å². The molecule has 0 saturated heterocycles. The fourth-order valence-corrected chi connectivity index (χ4v) is 4.92. The number of rotatable bonds is 5. The summed E-state index contributed by atoms with van der Waals surface area (Å²) in [5, 5.41) is 3.33. The highest BCUT2D eigenvalue weighted by atomic mass is 79.9. The van der Waals surface area contributed by atoms with Gasteiger partial charge in [0.25, 0.3) is 0 Å². The van der Waals surface area contributed by atoms with Gasteiger partial charge < -0.3 is 14.8 Å². The number of hydrogen-bond donors (Lipinski definition) is 1. The lowest BCUT2D eigenvalue weighted by Crippen LogP contribution is -2.38. The smallest absolute Gasteiger partial charge is 0.336 e. The number of carbonyl (C=O) groups is 2. The molecule has 0 radical (unpaired) electrons. The third-order valence-electron chi connectivity index (χ3n) is 6.18. The Morgan fingerprint density at radius 3 is 2.39 bits per heavy atom. The number of dihydropyridines is 1. The zero-order chi connectivity index (χ0) is 23.8. The average Bonchev–Trinajstić information content (AvgIpc) is 2.77. The van der Waals surface area contributed by atoms with Crippen LogP contribution in [0.4, 0.5) is 0 Å². The fraction of sp³-hybridized carbons (Fsp3) is 0.333. The Bertz CT molecular complexity index is 1140. The molecule has 2 aromatic rings. The number of ketones is 1. The molecule has 6 heteroatoms. The maximum Gasteiger partial charge on any atom is 0.336 e. The summed E-state index contributed by atoms with van der Waals surface area (Å²) in [6.07, 6.45) is 1.21. The van der Waals surface area contributed by atoms with E-state index in [1.54, 1.807) is 0 Å². The second-order valence-corrected chi connectivity index (χ2v) is 10.3. The van der Waals surface area contributed by atoms with E-state index in [-0.39, 0.29) is 11.2 Å². The van der Waals surface area contributed by atoms with Gasteiger partial charge in [-0.15, -0.1) is 0 Å². The van der Waals surface area contributed by atoms with E-state index in [0.717, 1.165) is 39.2 Å². The minimum Gasteiger partial charge on any atom is -0.489 e. The molecule has 1 heterocycles. The molecule has 1 unspecified atom stereocenters. The Morgan fingerprint density at radius 2 is 1.76 bits per heavy atom. The maximum atomic E-state index is 13.2. The van der Waals surface area contributed by atoms with Crippen LogP contribution in [-0.4, -0.2) is 18.9 Å². The van der Waals surface area contributed by atoms with Crippen LogP contribution in [0.2, 0.25) is 0 Å². The van der Waals surface area contributed by atoms with Crippen molar-refractivity contribution in [3.63, 3.8) is 0 Å². The predicted octanol–water partition coefficient (Wildman–Crippen LogP) is 5.81. The number of esters is 1. The summed E-state index contributed by atoms with van der Waals surface area (Å²) in [6.45, 7) is 6.51. The molecular weight excluding hydrogens is 482 g/mol. The van der Waals surface area contributed by atoms with Crippen molar-refractivity contribution >= 4 is 27.7 Å². The first-order chi connectivity index (χ1) is 15.7. The highest BCUT2D eigenvalue weighted by molar-refractivity contribution is 9.10. The molecule has 172 valence electrons. The molecular formula is C27H28BrNO4. The molecule has 1 aliphatic carbocycles. The standard InChI is InChI=1S/C27H28BrNO4/c1-16-23(26(31)32-4)24(25-21(29-16)13-27(2,3)14-22(25)30)18-7-11-20(12-8-18)33-15-17-5-9-19(28)10-6-17/h5-12,24,29H,13-15H2,1-4H3. The van der Waals surface area contributed by atoms with Crippen molar-refractivity contribution in [2.75, 3.05) is 7.11 Å². The van der Waals surface area contributed by atoms with Gasteiger partial charge in [-0.3, -0.25) is 4.79 Å². The van der Waals surface area contributed by atoms with E-state index in [4.69, 9.17) is 9.47 Å². The summed E-state index contributed by atoms with van der Waals surface area (Å²) in [4.78, 5) is 26.0. The Morgan fingerprint density at radius 1 is 1.09 bits per heavy atom. The predicted molar refractivity (Wildman–Crippen MR) is 131 cm³/mol. The van der Waals surface area contributed by atoms with Gasteiger partial charge in [0, 0.05) is 33.8 Å². The summed E-state index contributed by atoms with van der Waals surface area (Å²) in [7, 11) is 1.37. The first-order valence-electron chi connectivity index (χ1n) is 11.0. The lowest BCUT2D eigenvalue weighted by Gasteiger charge is -2.39. The monoisotopic (exact) mass is 509 g/mol. The van der Waals surface area contributed by atoms with Crippen LogP contribution in [0.15, 0.2) is 75.5 Å². The van der Waals surface area contributed by atoms with Crippen LogP contribution in [0.5, 0.6) is 5.75 Å². The molecule has 2 aromatic carbocycles. The van der Waals surface area contributed by atoms with E-state index >= 15 is 0 Å². The normalized spacial score (nSPS) is 19.7. The van der Waals surface area contributed by atoms with E-state index in [1.807, 2.05) is 55.5 Å². The number of allylic oxidation sites excluding steroid dienone is 3. The molecule has 4 rings (SSSR count). The number of hydrogen-bond acceptors (Lipinski definition) is 5. The van der Waals surface area contributed by atoms with Crippen LogP contribution >= 0.6 is 15.9 Å². The number of nitrogens with one attached hydrogen (secondary N) is 1. The van der Waals surface area contributed by atoms with E-state index in [9.17, 15) is 9.59 Å². The Labute approximate surface area is 203 Å². The second-order valence-electron chi connectivity index (χ2n) is 9.41. The van der Waals surface area contributed by atoms with E-state index in [0.29, 0.717) is 24.2 Å². The zero-order valence-electron chi connectivity index (χ0n) is 19.3. The second kappa shape index (κ2) is 9.18. The van der Waals surface area contributed by atoms with Crippen LogP contribution in [-0.2, 0) is 20.9 Å².